The van der Waals surface area contributed by atoms with Gasteiger partial charge in [0.2, 0.25) is 0 Å². The third-order valence-corrected chi connectivity index (χ3v) is 3.93. The summed E-state index contributed by atoms with van der Waals surface area (Å²) in [6, 6.07) is 0. The highest BCUT2D eigenvalue weighted by atomic mass is 16.4. The van der Waals surface area contributed by atoms with Crippen LogP contribution in [0.3, 0.4) is 0 Å². The van der Waals surface area contributed by atoms with Crippen molar-refractivity contribution in [3.63, 3.8) is 0 Å². The zero-order valence-electron chi connectivity index (χ0n) is 16.6. The summed E-state index contributed by atoms with van der Waals surface area (Å²) in [6.07, 6.45) is 32.4. The van der Waals surface area contributed by atoms with Crippen molar-refractivity contribution in [2.24, 2.45) is 0 Å². The Morgan fingerprint density at radius 3 is 2.04 bits per heavy atom. The number of unbranched alkanes of at least 4 members (excludes halogenated alkanes) is 7. The van der Waals surface area contributed by atoms with Crippen LogP contribution in [0.2, 0.25) is 0 Å². The number of rotatable bonds is 15. The lowest BCUT2D eigenvalue weighted by atomic mass is 10.1. The van der Waals surface area contributed by atoms with Gasteiger partial charge in [0.25, 0.3) is 0 Å². The van der Waals surface area contributed by atoms with Crippen LogP contribution in [0.5, 0.6) is 0 Å². The lowest BCUT2D eigenvalue weighted by Crippen LogP contribution is -1.84. The Kier molecular flexibility index (Phi) is 17.7. The summed E-state index contributed by atoms with van der Waals surface area (Å²) < 4.78 is 0. The zero-order valence-corrected chi connectivity index (χ0v) is 16.6. The molecule has 0 saturated carbocycles. The van der Waals surface area contributed by atoms with Crippen molar-refractivity contribution in [1.29, 1.82) is 0 Å². The molecule has 2 nitrogen and oxygen atoms in total. The van der Waals surface area contributed by atoms with Gasteiger partial charge in [0, 0.05) is 6.08 Å². The lowest BCUT2D eigenvalue weighted by Gasteiger charge is -1.98. The number of allylic oxidation sites excluding steroid dienone is 11. The Morgan fingerprint density at radius 2 is 1.35 bits per heavy atom. The summed E-state index contributed by atoms with van der Waals surface area (Å²) in [5.41, 5.74) is 1.15. The first-order valence-electron chi connectivity index (χ1n) is 9.97. The molecule has 144 valence electrons. The van der Waals surface area contributed by atoms with Crippen molar-refractivity contribution in [1.82, 2.24) is 0 Å². The molecule has 0 bridgehead atoms. The first kappa shape index (κ1) is 23.9. The number of carboxylic acid groups (broad SMARTS) is 1. The largest absolute Gasteiger partial charge is 0.478 e. The smallest absolute Gasteiger partial charge is 0.328 e. The molecule has 0 fully saturated rings. The number of hydrogen-bond acceptors (Lipinski definition) is 1. The first-order chi connectivity index (χ1) is 12.7. The van der Waals surface area contributed by atoms with Gasteiger partial charge in [-0.15, -0.1) is 0 Å². The molecular formula is C24H36O2. The fourth-order valence-corrected chi connectivity index (χ4v) is 2.37. The molecule has 0 rings (SSSR count). The van der Waals surface area contributed by atoms with Crippen LogP contribution in [0.25, 0.3) is 0 Å². The predicted octanol–water partition coefficient (Wildman–Crippen LogP) is 7.33. The molecule has 0 radical (unpaired) electrons. The van der Waals surface area contributed by atoms with E-state index in [0.29, 0.717) is 0 Å². The quantitative estimate of drug-likeness (QED) is 0.189. The summed E-state index contributed by atoms with van der Waals surface area (Å²) in [4.78, 5) is 10.4. The number of aliphatic carboxylic acids is 1. The fraction of sp³-hybridized carbons (Fsp3) is 0.458. The van der Waals surface area contributed by atoms with E-state index >= 15 is 0 Å². The van der Waals surface area contributed by atoms with E-state index in [1.165, 1.54) is 51.0 Å². The van der Waals surface area contributed by atoms with Crippen LogP contribution in [0.1, 0.15) is 71.6 Å². The van der Waals surface area contributed by atoms with Crippen molar-refractivity contribution in [3.05, 3.63) is 72.4 Å². The van der Waals surface area contributed by atoms with E-state index in [-0.39, 0.29) is 0 Å². The number of carboxylic acids is 1. The maximum atomic E-state index is 10.4. The second kappa shape index (κ2) is 19.2. The minimum Gasteiger partial charge on any atom is -0.478 e. The summed E-state index contributed by atoms with van der Waals surface area (Å²) in [5.74, 6) is -0.929. The van der Waals surface area contributed by atoms with Crippen molar-refractivity contribution < 1.29 is 9.90 Å². The molecule has 0 aliphatic carbocycles. The molecule has 0 amide bonds. The molecule has 2 heteroatoms. The van der Waals surface area contributed by atoms with Gasteiger partial charge in [0.1, 0.15) is 0 Å². The van der Waals surface area contributed by atoms with Gasteiger partial charge in [-0.1, -0.05) is 113 Å². The van der Waals surface area contributed by atoms with Crippen LogP contribution in [-0.2, 0) is 4.79 Å². The second-order valence-corrected chi connectivity index (χ2v) is 6.26. The Labute approximate surface area is 160 Å². The zero-order chi connectivity index (χ0) is 19.3. The minimum atomic E-state index is -0.929. The predicted molar refractivity (Wildman–Crippen MR) is 114 cm³/mol. The Bertz CT molecular complexity index is 516. The van der Waals surface area contributed by atoms with Crippen LogP contribution in [0.15, 0.2) is 72.4 Å². The van der Waals surface area contributed by atoms with E-state index in [2.05, 4.69) is 32.1 Å². The van der Waals surface area contributed by atoms with Crippen LogP contribution in [-0.4, -0.2) is 11.1 Å². The molecule has 0 aromatic carbocycles. The van der Waals surface area contributed by atoms with E-state index in [0.717, 1.165) is 24.5 Å². The monoisotopic (exact) mass is 356 g/mol. The highest BCUT2D eigenvalue weighted by Gasteiger charge is 1.89. The van der Waals surface area contributed by atoms with Gasteiger partial charge >= 0.3 is 5.97 Å². The van der Waals surface area contributed by atoms with Gasteiger partial charge in [-0.25, -0.2) is 4.79 Å². The van der Waals surface area contributed by atoms with Gasteiger partial charge in [-0.05, 0) is 24.8 Å². The molecule has 0 atom stereocenters. The van der Waals surface area contributed by atoms with Gasteiger partial charge in [-0.2, -0.15) is 0 Å². The normalized spacial score (nSPS) is 13.4. The van der Waals surface area contributed by atoms with Gasteiger partial charge < -0.3 is 5.11 Å². The average Bonchev–Trinajstić information content (AvgIpc) is 2.63. The van der Waals surface area contributed by atoms with Crippen LogP contribution >= 0.6 is 0 Å². The van der Waals surface area contributed by atoms with Gasteiger partial charge in [-0.3, -0.25) is 0 Å². The molecule has 0 aliphatic heterocycles. The fourth-order valence-electron chi connectivity index (χ4n) is 2.37. The van der Waals surface area contributed by atoms with Gasteiger partial charge in [0.05, 0.1) is 0 Å². The molecule has 0 heterocycles. The highest BCUT2D eigenvalue weighted by Crippen LogP contribution is 2.08. The van der Waals surface area contributed by atoms with Crippen LogP contribution < -0.4 is 0 Å². The maximum Gasteiger partial charge on any atom is 0.328 e. The summed E-state index contributed by atoms with van der Waals surface area (Å²) in [7, 11) is 0. The molecular weight excluding hydrogens is 320 g/mol. The third kappa shape index (κ3) is 18.3. The number of hydrogen-bond donors (Lipinski definition) is 1. The summed E-state index contributed by atoms with van der Waals surface area (Å²) >= 11 is 0. The van der Waals surface area contributed by atoms with Gasteiger partial charge in [0.15, 0.2) is 0 Å². The summed E-state index contributed by atoms with van der Waals surface area (Å²) in [5, 5.41) is 8.52. The van der Waals surface area contributed by atoms with Crippen molar-refractivity contribution in [2.45, 2.75) is 71.6 Å². The molecule has 0 unspecified atom stereocenters. The Morgan fingerprint density at radius 1 is 0.731 bits per heavy atom. The molecule has 1 N–H and O–H groups in total. The van der Waals surface area contributed by atoms with Crippen molar-refractivity contribution in [3.8, 4) is 0 Å². The standard InChI is InChI=1S/C24H36O2/c1-3-5-6-7-8-9-10-11-12-13-14-15-16-17-20-23(4-2)21-18-19-22-24(25)26/h12-22H,3-11H2,1-2H3,(H,25,26). The lowest BCUT2D eigenvalue weighted by molar-refractivity contribution is -0.131. The van der Waals surface area contributed by atoms with Crippen LogP contribution in [0, 0.1) is 0 Å². The molecule has 0 aromatic heterocycles. The highest BCUT2D eigenvalue weighted by molar-refractivity contribution is 5.80. The molecule has 0 saturated heterocycles. The van der Waals surface area contributed by atoms with E-state index in [9.17, 15) is 4.79 Å². The van der Waals surface area contributed by atoms with E-state index in [1.54, 1.807) is 6.08 Å². The Hall–Kier alpha value is -2.09. The molecule has 0 aliphatic rings. The molecule has 0 spiro atoms. The molecule has 0 aromatic rings. The third-order valence-electron chi connectivity index (χ3n) is 3.93. The number of carbonyl (C=O) groups is 1. The minimum absolute atomic E-state index is 0.907. The molecule has 26 heavy (non-hydrogen) atoms. The second-order valence-electron chi connectivity index (χ2n) is 6.26. The van der Waals surface area contributed by atoms with Crippen molar-refractivity contribution in [2.75, 3.05) is 0 Å². The van der Waals surface area contributed by atoms with E-state index in [1.807, 2.05) is 30.4 Å². The van der Waals surface area contributed by atoms with Crippen LogP contribution in [0.4, 0.5) is 0 Å². The average molecular weight is 357 g/mol. The SMILES string of the molecule is CCCCCCCCCC=CC=CC=CC=C(C=CC=CC(=O)O)CC. The Balaban J connectivity index is 3.91. The van der Waals surface area contributed by atoms with E-state index in [4.69, 9.17) is 5.11 Å². The summed E-state index contributed by atoms with van der Waals surface area (Å²) in [6.45, 7) is 4.33. The topological polar surface area (TPSA) is 37.3 Å². The maximum absolute atomic E-state index is 10.4. The first-order valence-corrected chi connectivity index (χ1v) is 9.97. The van der Waals surface area contributed by atoms with E-state index < -0.39 is 5.97 Å². The van der Waals surface area contributed by atoms with Crippen molar-refractivity contribution >= 4 is 5.97 Å².